The maximum atomic E-state index is 14.0. The number of ether oxygens (including phenoxy) is 2. The standard InChI is InChI=1S/C19H25FN4O2/c1-24(2)16-7-5-13(9-15(16)20)11-22-19(21)23-12-14-6-8-17(25-3)18(10-14)26-4/h5-10H,11-12H2,1-4H3,(H3,21,22,23). The van der Waals surface area contributed by atoms with Crippen molar-refractivity contribution in [3.05, 3.63) is 53.3 Å². The summed E-state index contributed by atoms with van der Waals surface area (Å²) in [5.74, 6) is 1.33. The molecule has 0 heterocycles. The van der Waals surface area contributed by atoms with E-state index in [0.717, 1.165) is 11.1 Å². The number of benzene rings is 2. The number of aliphatic imine (C=N–C) groups is 1. The zero-order valence-corrected chi connectivity index (χ0v) is 15.5. The van der Waals surface area contributed by atoms with Crippen molar-refractivity contribution in [3.8, 4) is 11.5 Å². The summed E-state index contributed by atoms with van der Waals surface area (Å²) >= 11 is 0. The molecule has 0 aliphatic rings. The summed E-state index contributed by atoms with van der Waals surface area (Å²) in [4.78, 5) is 5.97. The lowest BCUT2D eigenvalue weighted by molar-refractivity contribution is 0.354. The Bertz CT molecular complexity index is 778. The Labute approximate surface area is 153 Å². The summed E-state index contributed by atoms with van der Waals surface area (Å²) in [5.41, 5.74) is 8.16. The third-order valence-corrected chi connectivity index (χ3v) is 3.85. The Kier molecular flexibility index (Phi) is 6.66. The van der Waals surface area contributed by atoms with E-state index in [0.29, 0.717) is 30.3 Å². The molecule has 0 fully saturated rings. The van der Waals surface area contributed by atoms with Gasteiger partial charge in [-0.15, -0.1) is 0 Å². The molecule has 0 saturated heterocycles. The molecule has 0 bridgehead atoms. The number of rotatable bonds is 7. The first-order valence-electron chi connectivity index (χ1n) is 8.15. The van der Waals surface area contributed by atoms with Gasteiger partial charge in [-0.25, -0.2) is 9.38 Å². The molecular formula is C19H25FN4O2. The van der Waals surface area contributed by atoms with E-state index in [1.54, 1.807) is 39.3 Å². The molecule has 0 aromatic heterocycles. The van der Waals surface area contributed by atoms with Crippen molar-refractivity contribution in [2.24, 2.45) is 10.7 Å². The van der Waals surface area contributed by atoms with Crippen molar-refractivity contribution in [3.63, 3.8) is 0 Å². The molecule has 0 unspecified atom stereocenters. The van der Waals surface area contributed by atoms with E-state index >= 15 is 0 Å². The lowest BCUT2D eigenvalue weighted by Gasteiger charge is -2.14. The Morgan fingerprint density at radius 3 is 2.38 bits per heavy atom. The van der Waals surface area contributed by atoms with Crippen LogP contribution in [-0.4, -0.2) is 34.3 Å². The highest BCUT2D eigenvalue weighted by Crippen LogP contribution is 2.27. The summed E-state index contributed by atoms with van der Waals surface area (Å²) in [6, 6.07) is 10.7. The summed E-state index contributed by atoms with van der Waals surface area (Å²) < 4.78 is 24.5. The fourth-order valence-electron chi connectivity index (χ4n) is 2.43. The van der Waals surface area contributed by atoms with Crippen LogP contribution in [0.3, 0.4) is 0 Å². The van der Waals surface area contributed by atoms with Crippen LogP contribution in [0.2, 0.25) is 0 Å². The Morgan fingerprint density at radius 2 is 1.77 bits per heavy atom. The minimum Gasteiger partial charge on any atom is -0.493 e. The Morgan fingerprint density at radius 1 is 1.08 bits per heavy atom. The normalized spacial score (nSPS) is 11.2. The summed E-state index contributed by atoms with van der Waals surface area (Å²) in [6.45, 7) is 0.791. The van der Waals surface area contributed by atoms with Crippen LogP contribution in [0.4, 0.5) is 10.1 Å². The van der Waals surface area contributed by atoms with Crippen molar-refractivity contribution in [1.29, 1.82) is 0 Å². The number of hydrogen-bond donors (Lipinski definition) is 2. The van der Waals surface area contributed by atoms with Crippen molar-refractivity contribution in [1.82, 2.24) is 5.32 Å². The van der Waals surface area contributed by atoms with Gasteiger partial charge in [-0.3, -0.25) is 0 Å². The molecule has 7 heteroatoms. The number of halogens is 1. The maximum Gasteiger partial charge on any atom is 0.189 e. The van der Waals surface area contributed by atoms with Crippen molar-refractivity contribution >= 4 is 11.6 Å². The van der Waals surface area contributed by atoms with Crippen molar-refractivity contribution in [2.45, 2.75) is 13.1 Å². The van der Waals surface area contributed by atoms with Gasteiger partial charge in [-0.2, -0.15) is 0 Å². The smallest absolute Gasteiger partial charge is 0.189 e. The van der Waals surface area contributed by atoms with Crippen LogP contribution < -0.4 is 25.4 Å². The van der Waals surface area contributed by atoms with E-state index in [1.165, 1.54) is 6.07 Å². The average molecular weight is 360 g/mol. The van der Waals surface area contributed by atoms with Crippen LogP contribution >= 0.6 is 0 Å². The molecule has 2 aromatic rings. The van der Waals surface area contributed by atoms with Crippen molar-refractivity contribution in [2.75, 3.05) is 33.2 Å². The lowest BCUT2D eigenvalue weighted by atomic mass is 10.2. The molecule has 140 valence electrons. The van der Waals surface area contributed by atoms with Gasteiger partial charge in [-0.05, 0) is 35.4 Å². The molecule has 6 nitrogen and oxygen atoms in total. The van der Waals surface area contributed by atoms with E-state index < -0.39 is 0 Å². The number of nitrogens with one attached hydrogen (secondary N) is 1. The van der Waals surface area contributed by atoms with Crippen LogP contribution in [0.1, 0.15) is 11.1 Å². The van der Waals surface area contributed by atoms with E-state index in [2.05, 4.69) is 10.3 Å². The molecule has 3 N–H and O–H groups in total. The molecule has 2 aromatic carbocycles. The van der Waals surface area contributed by atoms with Crippen LogP contribution in [0.15, 0.2) is 41.4 Å². The average Bonchev–Trinajstić information content (AvgIpc) is 2.64. The molecule has 0 radical (unpaired) electrons. The quantitative estimate of drug-likeness (QED) is 0.586. The highest BCUT2D eigenvalue weighted by atomic mass is 19.1. The minimum atomic E-state index is -0.278. The van der Waals surface area contributed by atoms with Gasteiger partial charge >= 0.3 is 0 Å². The first-order chi connectivity index (χ1) is 12.4. The number of nitrogens with zero attached hydrogens (tertiary/aromatic N) is 2. The minimum absolute atomic E-state index is 0.278. The molecular weight excluding hydrogens is 335 g/mol. The lowest BCUT2D eigenvalue weighted by Crippen LogP contribution is -2.31. The van der Waals surface area contributed by atoms with E-state index in [4.69, 9.17) is 15.2 Å². The maximum absolute atomic E-state index is 14.0. The predicted octanol–water partition coefficient (Wildman–Crippen LogP) is 2.51. The fourth-order valence-corrected chi connectivity index (χ4v) is 2.43. The van der Waals surface area contributed by atoms with E-state index in [-0.39, 0.29) is 11.8 Å². The summed E-state index contributed by atoms with van der Waals surface area (Å²) in [7, 11) is 6.78. The molecule has 0 saturated carbocycles. The van der Waals surface area contributed by atoms with Crippen LogP contribution in [0.5, 0.6) is 11.5 Å². The molecule has 0 aliphatic heterocycles. The van der Waals surface area contributed by atoms with Gasteiger partial charge < -0.3 is 25.4 Å². The van der Waals surface area contributed by atoms with Gasteiger partial charge in [-0.1, -0.05) is 12.1 Å². The van der Waals surface area contributed by atoms with E-state index in [1.807, 2.05) is 24.3 Å². The Hall–Kier alpha value is -2.96. The van der Waals surface area contributed by atoms with Crippen molar-refractivity contribution < 1.29 is 13.9 Å². The molecule has 0 amide bonds. The number of nitrogens with two attached hydrogens (primary N) is 1. The zero-order chi connectivity index (χ0) is 19.1. The predicted molar refractivity (Wildman–Crippen MR) is 102 cm³/mol. The van der Waals surface area contributed by atoms with Gasteiger partial charge in [0.2, 0.25) is 0 Å². The fraction of sp³-hybridized carbons (Fsp3) is 0.316. The Balaban J connectivity index is 1.95. The van der Waals surface area contributed by atoms with Crippen LogP contribution in [0, 0.1) is 5.82 Å². The number of methoxy groups -OCH3 is 2. The second-order valence-corrected chi connectivity index (χ2v) is 5.92. The molecule has 2 rings (SSSR count). The summed E-state index contributed by atoms with van der Waals surface area (Å²) in [6.07, 6.45) is 0. The summed E-state index contributed by atoms with van der Waals surface area (Å²) in [5, 5.41) is 3.03. The van der Waals surface area contributed by atoms with Gasteiger partial charge in [0.1, 0.15) is 5.82 Å². The third-order valence-electron chi connectivity index (χ3n) is 3.85. The SMILES string of the molecule is COc1ccc(CNC(N)=NCc2ccc(N(C)C)c(F)c2)cc1OC. The molecule has 0 spiro atoms. The zero-order valence-electron chi connectivity index (χ0n) is 15.5. The number of guanidine groups is 1. The number of anilines is 1. The first-order valence-corrected chi connectivity index (χ1v) is 8.15. The number of hydrogen-bond acceptors (Lipinski definition) is 4. The monoisotopic (exact) mass is 360 g/mol. The van der Waals surface area contributed by atoms with Crippen LogP contribution in [0.25, 0.3) is 0 Å². The van der Waals surface area contributed by atoms with Crippen LogP contribution in [-0.2, 0) is 13.1 Å². The molecule has 0 aliphatic carbocycles. The topological polar surface area (TPSA) is 72.1 Å². The van der Waals surface area contributed by atoms with Gasteiger partial charge in [0.25, 0.3) is 0 Å². The third kappa shape index (κ3) is 5.02. The first kappa shape index (κ1) is 19.4. The van der Waals surface area contributed by atoms with Gasteiger partial charge in [0.15, 0.2) is 17.5 Å². The van der Waals surface area contributed by atoms with Gasteiger partial charge in [0, 0.05) is 20.6 Å². The second-order valence-electron chi connectivity index (χ2n) is 5.92. The second kappa shape index (κ2) is 8.94. The highest BCUT2D eigenvalue weighted by molar-refractivity contribution is 5.77. The largest absolute Gasteiger partial charge is 0.493 e. The molecule has 26 heavy (non-hydrogen) atoms. The molecule has 0 atom stereocenters. The highest BCUT2D eigenvalue weighted by Gasteiger charge is 2.06. The van der Waals surface area contributed by atoms with E-state index in [9.17, 15) is 4.39 Å². The van der Waals surface area contributed by atoms with Gasteiger partial charge in [0.05, 0.1) is 26.5 Å².